The van der Waals surface area contributed by atoms with Crippen LogP contribution in [0.1, 0.15) is 23.2 Å². The molecule has 0 bridgehead atoms. The number of thiophene rings is 1. The van der Waals surface area contributed by atoms with Gasteiger partial charge >= 0.3 is 6.03 Å². The summed E-state index contributed by atoms with van der Waals surface area (Å²) in [5.74, 6) is -0.381. The molecule has 2 aliphatic rings. The van der Waals surface area contributed by atoms with E-state index in [1.165, 1.54) is 0 Å². The van der Waals surface area contributed by atoms with Gasteiger partial charge in [0.05, 0.1) is 11.3 Å². The van der Waals surface area contributed by atoms with Gasteiger partial charge in [0.1, 0.15) is 6.04 Å². The van der Waals surface area contributed by atoms with E-state index in [4.69, 9.17) is 0 Å². The van der Waals surface area contributed by atoms with E-state index in [1.54, 1.807) is 28.4 Å². The Morgan fingerprint density at radius 2 is 2.17 bits per heavy atom. The summed E-state index contributed by atoms with van der Waals surface area (Å²) in [6.45, 7) is 4.34. The maximum absolute atomic E-state index is 13.2. The van der Waals surface area contributed by atoms with Crippen molar-refractivity contribution in [2.45, 2.75) is 24.9 Å². The van der Waals surface area contributed by atoms with E-state index in [-0.39, 0.29) is 23.9 Å². The Labute approximate surface area is 172 Å². The summed E-state index contributed by atoms with van der Waals surface area (Å²) in [7, 11) is 0. The van der Waals surface area contributed by atoms with E-state index in [2.05, 4.69) is 22.5 Å². The van der Waals surface area contributed by atoms with Gasteiger partial charge in [0.15, 0.2) is 0 Å². The van der Waals surface area contributed by atoms with Gasteiger partial charge in [-0.15, -0.1) is 6.58 Å². The molecule has 1 fully saturated rings. The Balaban J connectivity index is 1.54. The Bertz CT molecular complexity index is 957. The van der Waals surface area contributed by atoms with Gasteiger partial charge in [-0.2, -0.15) is 11.3 Å². The largest absolute Gasteiger partial charge is 0.335 e. The highest BCUT2D eigenvalue weighted by atomic mass is 32.1. The third kappa shape index (κ3) is 3.88. The number of rotatable bonds is 4. The van der Waals surface area contributed by atoms with Gasteiger partial charge in [0, 0.05) is 19.1 Å². The first-order valence-electron chi connectivity index (χ1n) is 9.50. The summed E-state index contributed by atoms with van der Waals surface area (Å²) >= 11 is 1.60. The molecule has 1 aromatic heterocycles. The summed E-state index contributed by atoms with van der Waals surface area (Å²) in [4.78, 5) is 39.6. The summed E-state index contributed by atoms with van der Waals surface area (Å²) in [5.41, 5.74) is 3.02. The predicted molar refractivity (Wildman–Crippen MR) is 113 cm³/mol. The van der Waals surface area contributed by atoms with Crippen LogP contribution in [0.4, 0.5) is 10.5 Å². The number of piperidine rings is 1. The minimum Gasteiger partial charge on any atom is -0.335 e. The molecule has 2 aliphatic heterocycles. The van der Waals surface area contributed by atoms with Crippen molar-refractivity contribution >= 4 is 34.9 Å². The van der Waals surface area contributed by atoms with Gasteiger partial charge in [-0.3, -0.25) is 9.59 Å². The lowest BCUT2D eigenvalue weighted by Crippen LogP contribution is -2.56. The minimum absolute atomic E-state index is 0.157. The molecule has 0 spiro atoms. The predicted octanol–water partition coefficient (Wildman–Crippen LogP) is 2.83. The van der Waals surface area contributed by atoms with Gasteiger partial charge in [-0.1, -0.05) is 12.1 Å². The summed E-state index contributed by atoms with van der Waals surface area (Å²) < 4.78 is 0. The van der Waals surface area contributed by atoms with Crippen molar-refractivity contribution in [3.8, 4) is 11.1 Å². The maximum atomic E-state index is 13.2. The molecule has 4 rings (SSSR count). The van der Waals surface area contributed by atoms with E-state index in [0.717, 1.165) is 11.1 Å². The number of nitrogens with zero attached hydrogens (tertiary/aromatic N) is 1. The Hall–Kier alpha value is -3.13. The number of nitrogens with one attached hydrogen (secondary N) is 3. The number of carbonyl (C=O) groups excluding carboxylic acids is 3. The molecule has 0 aliphatic carbocycles. The summed E-state index contributed by atoms with van der Waals surface area (Å²) in [5, 5.41) is 12.5. The third-order valence-electron chi connectivity index (χ3n) is 5.27. The molecule has 150 valence electrons. The fourth-order valence-electron chi connectivity index (χ4n) is 3.80. The van der Waals surface area contributed by atoms with Gasteiger partial charge < -0.3 is 20.9 Å². The van der Waals surface area contributed by atoms with Crippen LogP contribution in [0.5, 0.6) is 0 Å². The zero-order chi connectivity index (χ0) is 20.4. The summed E-state index contributed by atoms with van der Waals surface area (Å²) in [6.07, 6.45) is 2.57. The second-order valence-electron chi connectivity index (χ2n) is 7.14. The number of hydrogen-bond donors (Lipinski definition) is 3. The second-order valence-corrected chi connectivity index (χ2v) is 7.92. The molecule has 2 atom stereocenters. The van der Waals surface area contributed by atoms with Crippen molar-refractivity contribution in [1.29, 1.82) is 0 Å². The minimum atomic E-state index is -0.613. The lowest BCUT2D eigenvalue weighted by atomic mass is 9.96. The van der Waals surface area contributed by atoms with Gasteiger partial charge in [-0.05, 0) is 52.9 Å². The normalized spacial score (nSPS) is 20.8. The first-order valence-corrected chi connectivity index (χ1v) is 10.4. The van der Waals surface area contributed by atoms with Crippen molar-refractivity contribution in [3.63, 3.8) is 0 Å². The molecule has 7 nitrogen and oxygen atoms in total. The molecule has 3 N–H and O–H groups in total. The van der Waals surface area contributed by atoms with E-state index in [0.29, 0.717) is 37.2 Å². The molecule has 8 heteroatoms. The van der Waals surface area contributed by atoms with Crippen LogP contribution >= 0.6 is 11.3 Å². The van der Waals surface area contributed by atoms with Crippen molar-refractivity contribution in [2.24, 2.45) is 0 Å². The lowest BCUT2D eigenvalue weighted by Gasteiger charge is -2.37. The number of anilines is 1. The van der Waals surface area contributed by atoms with Gasteiger partial charge in [0.2, 0.25) is 5.91 Å². The van der Waals surface area contributed by atoms with E-state index in [9.17, 15) is 14.4 Å². The van der Waals surface area contributed by atoms with Crippen molar-refractivity contribution < 1.29 is 14.4 Å². The fourth-order valence-corrected chi connectivity index (χ4v) is 4.46. The number of fused-ring (bicyclic) bond motifs is 2. The van der Waals surface area contributed by atoms with Gasteiger partial charge in [-0.25, -0.2) is 4.79 Å². The molecule has 2 aromatic rings. The first kappa shape index (κ1) is 19.2. The quantitative estimate of drug-likeness (QED) is 0.677. The molecule has 0 radical (unpaired) electrons. The van der Waals surface area contributed by atoms with Gasteiger partial charge in [0.25, 0.3) is 5.91 Å². The number of carbonyl (C=O) groups is 3. The molecule has 4 amide bonds. The highest BCUT2D eigenvalue weighted by Gasteiger charge is 2.40. The Morgan fingerprint density at radius 3 is 2.93 bits per heavy atom. The fraction of sp³-hybridized carbons (Fsp3) is 0.286. The number of amides is 4. The van der Waals surface area contributed by atoms with Crippen LogP contribution in [0.3, 0.4) is 0 Å². The van der Waals surface area contributed by atoms with Crippen LogP contribution in [-0.4, -0.2) is 47.9 Å². The standard InChI is InChI=1S/C21H22N4O3S/c1-2-7-22-21(28)23-15-5-8-25-18(11-15)19(26)24-17-4-3-13(10-16(17)20(25)27)14-6-9-29-12-14/h2-4,6,9-10,12,15,18H,1,5,7-8,11H2,(H,24,26)(H2,22,23,28)/t15-,18-/m0/s1. The average Bonchev–Trinajstić information content (AvgIpc) is 3.24. The molecule has 0 unspecified atom stereocenters. The highest BCUT2D eigenvalue weighted by molar-refractivity contribution is 7.08. The molecular weight excluding hydrogens is 388 g/mol. The summed E-state index contributed by atoms with van der Waals surface area (Å²) in [6, 6.07) is 6.45. The van der Waals surface area contributed by atoms with Crippen LogP contribution in [-0.2, 0) is 4.79 Å². The highest BCUT2D eigenvalue weighted by Crippen LogP contribution is 2.32. The second kappa shape index (κ2) is 8.08. The van der Waals surface area contributed by atoms with E-state index >= 15 is 0 Å². The lowest BCUT2D eigenvalue weighted by molar-refractivity contribution is -0.121. The number of benzene rings is 1. The SMILES string of the molecule is C=CCNC(=O)N[C@H]1CCN2C(=O)c3cc(-c4ccsc4)ccc3NC(=O)[C@@H]2C1. The van der Waals surface area contributed by atoms with Crippen LogP contribution in [0, 0.1) is 0 Å². The van der Waals surface area contributed by atoms with Crippen LogP contribution in [0.2, 0.25) is 0 Å². The maximum Gasteiger partial charge on any atom is 0.315 e. The van der Waals surface area contributed by atoms with E-state index in [1.807, 2.05) is 29.0 Å². The van der Waals surface area contributed by atoms with Crippen LogP contribution in [0.25, 0.3) is 11.1 Å². The Morgan fingerprint density at radius 1 is 1.31 bits per heavy atom. The number of urea groups is 1. The molecule has 1 aromatic carbocycles. The van der Waals surface area contributed by atoms with Crippen LogP contribution in [0.15, 0.2) is 47.7 Å². The van der Waals surface area contributed by atoms with Crippen molar-refractivity contribution in [3.05, 3.63) is 53.2 Å². The third-order valence-corrected chi connectivity index (χ3v) is 5.95. The molecular formula is C21H22N4O3S. The number of hydrogen-bond acceptors (Lipinski definition) is 4. The Kier molecular flexibility index (Phi) is 5.35. The zero-order valence-corrected chi connectivity index (χ0v) is 16.6. The zero-order valence-electron chi connectivity index (χ0n) is 15.8. The molecule has 1 saturated heterocycles. The first-order chi connectivity index (χ1) is 14.1. The molecule has 3 heterocycles. The molecule has 0 saturated carbocycles. The van der Waals surface area contributed by atoms with E-state index < -0.39 is 6.04 Å². The smallest absolute Gasteiger partial charge is 0.315 e. The molecule has 29 heavy (non-hydrogen) atoms. The average molecular weight is 410 g/mol. The topological polar surface area (TPSA) is 90.5 Å². The van der Waals surface area contributed by atoms with Crippen molar-refractivity contribution in [2.75, 3.05) is 18.4 Å². The van der Waals surface area contributed by atoms with Crippen LogP contribution < -0.4 is 16.0 Å². The monoisotopic (exact) mass is 410 g/mol. The van der Waals surface area contributed by atoms with Crippen molar-refractivity contribution in [1.82, 2.24) is 15.5 Å².